The van der Waals surface area contributed by atoms with E-state index in [9.17, 15) is 0 Å². The van der Waals surface area contributed by atoms with Crippen molar-refractivity contribution in [2.75, 3.05) is 21.3 Å². The fourth-order valence-electron chi connectivity index (χ4n) is 4.95. The molecule has 0 amide bonds. The third kappa shape index (κ3) is 3.40. The van der Waals surface area contributed by atoms with Crippen LogP contribution in [0.1, 0.15) is 0 Å². The lowest BCUT2D eigenvalue weighted by Gasteiger charge is -2.19. The first kappa shape index (κ1) is 22.4. The maximum atomic E-state index is 6.06. The van der Waals surface area contributed by atoms with Crippen LogP contribution in [0, 0.1) is 0 Å². The fourth-order valence-corrected chi connectivity index (χ4v) is 5.21. The molecular weight excluding hydrogens is 516 g/mol. The Balaban J connectivity index is 1.83. The molecule has 1 heterocycles. The maximum Gasteiger partial charge on any atom is 0.151 e. The molecule has 0 radical (unpaired) electrons. The summed E-state index contributed by atoms with van der Waals surface area (Å²) in [6.45, 7) is 0. The first-order valence-corrected chi connectivity index (χ1v) is 12.3. The van der Waals surface area contributed by atoms with Gasteiger partial charge in [-0.05, 0) is 12.1 Å². The van der Waals surface area contributed by atoms with Gasteiger partial charge in [-0.1, -0.05) is 76.6 Å². The first-order valence-electron chi connectivity index (χ1n) is 11.5. The number of rotatable bonds is 5. The molecule has 0 bridgehead atoms. The van der Waals surface area contributed by atoms with Crippen LogP contribution in [0.25, 0.3) is 49.7 Å². The molecule has 5 aromatic carbocycles. The van der Waals surface area contributed by atoms with E-state index in [0.717, 1.165) is 71.4 Å². The normalized spacial score (nSPS) is 11.3. The van der Waals surface area contributed by atoms with E-state index in [-0.39, 0.29) is 0 Å². The van der Waals surface area contributed by atoms with Gasteiger partial charge in [0.15, 0.2) is 5.75 Å². The molecule has 0 atom stereocenters. The number of methoxy groups -OCH3 is 3. The summed E-state index contributed by atoms with van der Waals surface area (Å²) in [4.78, 5) is 5.13. The molecule has 178 valence electrons. The number of aromatic nitrogens is 2. The molecule has 0 fully saturated rings. The van der Waals surface area contributed by atoms with E-state index in [4.69, 9.17) is 19.2 Å². The lowest BCUT2D eigenvalue weighted by molar-refractivity contribution is 0.409. The summed E-state index contributed by atoms with van der Waals surface area (Å²) in [5.74, 6) is 3.10. The molecule has 6 heteroatoms. The van der Waals surface area contributed by atoms with Gasteiger partial charge in [0, 0.05) is 43.7 Å². The topological polar surface area (TPSA) is 45.5 Å². The molecule has 36 heavy (non-hydrogen) atoms. The van der Waals surface area contributed by atoms with Crippen molar-refractivity contribution in [1.29, 1.82) is 0 Å². The van der Waals surface area contributed by atoms with E-state index in [1.54, 1.807) is 21.3 Å². The van der Waals surface area contributed by atoms with Gasteiger partial charge in [0.05, 0.1) is 38.1 Å². The van der Waals surface area contributed by atoms with Crippen LogP contribution in [-0.2, 0) is 0 Å². The summed E-state index contributed by atoms with van der Waals surface area (Å²) in [5.41, 5.74) is 3.63. The van der Waals surface area contributed by atoms with Crippen molar-refractivity contribution in [3.63, 3.8) is 0 Å². The van der Waals surface area contributed by atoms with Crippen LogP contribution >= 0.6 is 15.9 Å². The second-order valence-corrected chi connectivity index (χ2v) is 9.36. The molecule has 0 saturated heterocycles. The predicted octanol–water partition coefficient (Wildman–Crippen LogP) is 7.79. The van der Waals surface area contributed by atoms with E-state index < -0.39 is 0 Å². The number of hydrogen-bond acceptors (Lipinski definition) is 4. The zero-order valence-electron chi connectivity index (χ0n) is 20.1. The minimum atomic E-state index is 0.754. The van der Waals surface area contributed by atoms with Crippen LogP contribution in [0.4, 0.5) is 0 Å². The SMILES string of the molecule is COc1cc(-n2c(-c3ccc(Br)cc3)nc3cc(OC)c4ccccc4c32)c(OC)c2ccccc12. The fraction of sp³-hybridized carbons (Fsp3) is 0.100. The summed E-state index contributed by atoms with van der Waals surface area (Å²) in [7, 11) is 5.09. The van der Waals surface area contributed by atoms with Crippen molar-refractivity contribution in [1.82, 2.24) is 9.55 Å². The van der Waals surface area contributed by atoms with Gasteiger partial charge < -0.3 is 14.2 Å². The number of hydrogen-bond donors (Lipinski definition) is 0. The Morgan fingerprint density at radius 1 is 0.667 bits per heavy atom. The highest BCUT2D eigenvalue weighted by Gasteiger charge is 2.23. The van der Waals surface area contributed by atoms with Gasteiger partial charge in [0.25, 0.3) is 0 Å². The molecular formula is C30H23BrN2O3. The van der Waals surface area contributed by atoms with E-state index >= 15 is 0 Å². The van der Waals surface area contributed by atoms with E-state index in [1.165, 1.54) is 0 Å². The van der Waals surface area contributed by atoms with Crippen molar-refractivity contribution in [3.05, 3.63) is 89.4 Å². The van der Waals surface area contributed by atoms with Gasteiger partial charge in [-0.3, -0.25) is 4.57 Å². The van der Waals surface area contributed by atoms with Crippen LogP contribution < -0.4 is 14.2 Å². The summed E-state index contributed by atoms with van der Waals surface area (Å²) in [5, 5.41) is 4.01. The summed E-state index contributed by atoms with van der Waals surface area (Å²) >= 11 is 3.56. The van der Waals surface area contributed by atoms with Crippen molar-refractivity contribution in [2.45, 2.75) is 0 Å². The number of fused-ring (bicyclic) bond motifs is 4. The average Bonchev–Trinajstić information content (AvgIpc) is 3.31. The van der Waals surface area contributed by atoms with Crippen LogP contribution in [0.15, 0.2) is 89.4 Å². The number of ether oxygens (including phenoxy) is 3. The highest BCUT2D eigenvalue weighted by atomic mass is 79.9. The van der Waals surface area contributed by atoms with Gasteiger partial charge in [-0.2, -0.15) is 0 Å². The third-order valence-corrected chi connectivity index (χ3v) is 7.07. The zero-order chi connectivity index (χ0) is 24.8. The van der Waals surface area contributed by atoms with Crippen molar-refractivity contribution < 1.29 is 14.2 Å². The van der Waals surface area contributed by atoms with E-state index in [1.807, 2.05) is 54.6 Å². The van der Waals surface area contributed by atoms with Crippen molar-refractivity contribution >= 4 is 48.5 Å². The van der Waals surface area contributed by atoms with Gasteiger partial charge in [-0.25, -0.2) is 4.98 Å². The van der Waals surface area contributed by atoms with E-state index in [0.29, 0.717) is 0 Å². The lowest BCUT2D eigenvalue weighted by Crippen LogP contribution is -2.03. The molecule has 6 aromatic rings. The Morgan fingerprint density at radius 2 is 1.25 bits per heavy atom. The second-order valence-electron chi connectivity index (χ2n) is 8.45. The monoisotopic (exact) mass is 538 g/mol. The molecule has 0 aliphatic rings. The number of benzene rings is 5. The minimum absolute atomic E-state index is 0.754. The smallest absolute Gasteiger partial charge is 0.151 e. The minimum Gasteiger partial charge on any atom is -0.496 e. The predicted molar refractivity (Wildman–Crippen MR) is 149 cm³/mol. The van der Waals surface area contributed by atoms with E-state index in [2.05, 4.69) is 50.8 Å². The van der Waals surface area contributed by atoms with Crippen LogP contribution in [-0.4, -0.2) is 30.9 Å². The molecule has 0 N–H and O–H groups in total. The Kier molecular flexibility index (Phi) is 5.53. The zero-order valence-corrected chi connectivity index (χ0v) is 21.7. The number of halogens is 1. The Bertz CT molecular complexity index is 1760. The quantitative estimate of drug-likeness (QED) is 0.224. The molecule has 0 aliphatic heterocycles. The first-order chi connectivity index (χ1) is 17.6. The Morgan fingerprint density at radius 3 is 1.89 bits per heavy atom. The standard InChI is InChI=1S/C30H23BrN2O3/c1-34-26-16-24-28(22-10-6-4-8-20(22)26)33(30(32-24)18-12-14-19(31)15-13-18)25-17-27(35-2)21-9-5-7-11-23(21)29(25)36-3/h4-17H,1-3H3. The molecule has 5 nitrogen and oxygen atoms in total. The molecule has 1 aromatic heterocycles. The van der Waals surface area contributed by atoms with Crippen molar-refractivity contribution in [2.24, 2.45) is 0 Å². The molecule has 0 saturated carbocycles. The summed E-state index contributed by atoms with van der Waals surface area (Å²) in [6, 6.07) is 28.6. The summed E-state index contributed by atoms with van der Waals surface area (Å²) in [6.07, 6.45) is 0. The average molecular weight is 539 g/mol. The van der Waals surface area contributed by atoms with Crippen molar-refractivity contribution in [3.8, 4) is 34.3 Å². The molecule has 0 aliphatic carbocycles. The largest absolute Gasteiger partial charge is 0.496 e. The maximum absolute atomic E-state index is 6.06. The van der Waals surface area contributed by atoms with Crippen LogP contribution in [0.5, 0.6) is 17.2 Å². The molecule has 0 spiro atoms. The molecule has 0 unspecified atom stereocenters. The number of nitrogens with zero attached hydrogens (tertiary/aromatic N) is 2. The summed E-state index contributed by atoms with van der Waals surface area (Å²) < 4.78 is 20.8. The second kappa shape index (κ2) is 8.88. The van der Waals surface area contributed by atoms with Crippen LogP contribution in [0.3, 0.4) is 0 Å². The van der Waals surface area contributed by atoms with Gasteiger partial charge in [0.1, 0.15) is 17.3 Å². The Hall–Kier alpha value is -4.03. The van der Waals surface area contributed by atoms with Crippen LogP contribution in [0.2, 0.25) is 0 Å². The third-order valence-electron chi connectivity index (χ3n) is 6.54. The van der Waals surface area contributed by atoms with Gasteiger partial charge >= 0.3 is 0 Å². The van der Waals surface area contributed by atoms with Gasteiger partial charge in [-0.15, -0.1) is 0 Å². The number of imidazole rings is 1. The van der Waals surface area contributed by atoms with Gasteiger partial charge in [0.2, 0.25) is 0 Å². The highest BCUT2D eigenvalue weighted by Crippen LogP contribution is 2.44. The lowest BCUT2D eigenvalue weighted by atomic mass is 10.1. The molecule has 6 rings (SSSR count). The Labute approximate surface area is 217 Å². The highest BCUT2D eigenvalue weighted by molar-refractivity contribution is 9.10.